The third-order valence-corrected chi connectivity index (χ3v) is 12.8. The minimum atomic E-state index is -1.36. The molecule has 10 rings (SSSR count). The lowest BCUT2D eigenvalue weighted by atomic mass is 9.97. The molecule has 0 N–H and O–H groups in total. The van der Waals surface area contributed by atoms with Crippen molar-refractivity contribution in [3.8, 4) is 45.6 Å². The van der Waals surface area contributed by atoms with Crippen LogP contribution >= 0.6 is 12.2 Å². The Morgan fingerprint density at radius 2 is 0.906 bits per heavy atom. The molecule has 0 atom stereocenters. The number of carbonyl (C=O) groups is 1. The van der Waals surface area contributed by atoms with Crippen molar-refractivity contribution in [2.75, 3.05) is 0 Å². The normalized spacial score (nSPS) is 10.8. The fourth-order valence-electron chi connectivity index (χ4n) is 7.20. The van der Waals surface area contributed by atoms with Gasteiger partial charge in [0.05, 0.1) is 21.4 Å². The van der Waals surface area contributed by atoms with Crippen LogP contribution in [0, 0.1) is 4.51 Å². The van der Waals surface area contributed by atoms with Gasteiger partial charge in [0, 0.05) is 28.0 Å². The molecule has 0 saturated heterocycles. The molecule has 64 heavy (non-hydrogen) atoms. The second-order valence-electron chi connectivity index (χ2n) is 14.4. The van der Waals surface area contributed by atoms with E-state index in [1.165, 1.54) is 20.8 Å². The van der Waals surface area contributed by atoms with Crippen molar-refractivity contribution in [3.63, 3.8) is 0 Å². The molecule has 0 saturated carbocycles. The van der Waals surface area contributed by atoms with Crippen LogP contribution in [0.15, 0.2) is 250 Å². The van der Waals surface area contributed by atoms with Crippen LogP contribution in [0.2, 0.25) is 0 Å². The molecule has 0 aliphatic rings. The highest BCUT2D eigenvalue weighted by Crippen LogP contribution is 2.51. The maximum absolute atomic E-state index is 12.4. The van der Waals surface area contributed by atoms with E-state index in [0.717, 1.165) is 26.4 Å². The molecular formula is C56H38O6S2. The number of carbonyl (C=O) groups excluding carboxylic acids is 1. The van der Waals surface area contributed by atoms with Gasteiger partial charge < -0.3 is 28.5 Å². The number of hydrogen-bond acceptors (Lipinski definition) is 7. The largest absolute Gasteiger partial charge is 0.545 e. The van der Waals surface area contributed by atoms with Crippen molar-refractivity contribution in [1.29, 1.82) is 0 Å². The van der Waals surface area contributed by atoms with Crippen LogP contribution in [-0.2, 0) is 10.9 Å². The van der Waals surface area contributed by atoms with Crippen LogP contribution in [-0.4, -0.2) is 5.97 Å². The number of fused-ring (bicyclic) bond motifs is 2. The lowest BCUT2D eigenvalue weighted by Gasteiger charge is -2.23. The Morgan fingerprint density at radius 3 is 1.45 bits per heavy atom. The molecule has 0 bridgehead atoms. The van der Waals surface area contributed by atoms with Gasteiger partial charge in [0.1, 0.15) is 28.4 Å². The van der Waals surface area contributed by atoms with E-state index < -0.39 is 5.97 Å². The minimum absolute atomic E-state index is 0.0847. The summed E-state index contributed by atoms with van der Waals surface area (Å²) < 4.78 is 25.8. The maximum atomic E-state index is 12.4. The first-order valence-electron chi connectivity index (χ1n) is 20.5. The molecule has 0 spiro atoms. The zero-order valence-corrected chi connectivity index (χ0v) is 35.8. The Bertz CT molecular complexity index is 3180. The molecule has 8 heteroatoms. The van der Waals surface area contributed by atoms with Gasteiger partial charge in [-0.3, -0.25) is 0 Å². The van der Waals surface area contributed by atoms with Crippen molar-refractivity contribution in [1.82, 2.24) is 0 Å². The van der Waals surface area contributed by atoms with E-state index in [0.29, 0.717) is 28.4 Å². The molecule has 1 aromatic heterocycles. The fourth-order valence-corrected chi connectivity index (χ4v) is 9.64. The van der Waals surface area contributed by atoms with Gasteiger partial charge in [-0.2, -0.15) is 0 Å². The highest BCUT2D eigenvalue weighted by molar-refractivity contribution is 7.97. The summed E-state index contributed by atoms with van der Waals surface area (Å²) in [6.45, 7) is 0. The lowest BCUT2D eigenvalue weighted by molar-refractivity contribution is -0.255. The second kappa shape index (κ2) is 19.4. The smallest absolute Gasteiger partial charge is 0.213 e. The average Bonchev–Trinajstić information content (AvgIpc) is 3.35. The number of carboxylic acid groups (broad SMARTS) is 1. The SMILES string of the molecule is O=C([O-])c1cc(Oc2ccccc2)c(Oc2ccccc2)c(Oc2ccccc2)c1-c1ccccc1.S=c1c2ccccc2oc2ccc([S+](c3ccccc3)c3ccccc3)cc12. The third kappa shape index (κ3) is 9.29. The molecule has 0 radical (unpaired) electrons. The summed E-state index contributed by atoms with van der Waals surface area (Å²) in [6.07, 6.45) is 0. The highest BCUT2D eigenvalue weighted by atomic mass is 32.2. The van der Waals surface area contributed by atoms with Crippen LogP contribution < -0.4 is 19.3 Å². The predicted octanol–water partition coefficient (Wildman–Crippen LogP) is 14.5. The average molecular weight is 871 g/mol. The molecule has 0 amide bonds. The molecule has 0 aliphatic heterocycles. The zero-order valence-electron chi connectivity index (χ0n) is 34.2. The Kier molecular flexibility index (Phi) is 12.6. The van der Waals surface area contributed by atoms with Gasteiger partial charge in [-0.15, -0.1) is 0 Å². The van der Waals surface area contributed by atoms with E-state index >= 15 is 0 Å². The molecular weight excluding hydrogens is 833 g/mol. The van der Waals surface area contributed by atoms with Gasteiger partial charge >= 0.3 is 0 Å². The van der Waals surface area contributed by atoms with Crippen molar-refractivity contribution in [2.24, 2.45) is 0 Å². The molecule has 9 aromatic carbocycles. The van der Waals surface area contributed by atoms with Gasteiger partial charge in [0.25, 0.3) is 0 Å². The Morgan fingerprint density at radius 1 is 0.453 bits per heavy atom. The monoisotopic (exact) mass is 870 g/mol. The van der Waals surface area contributed by atoms with E-state index in [1.54, 1.807) is 36.4 Å². The number of rotatable bonds is 11. The van der Waals surface area contributed by atoms with Crippen LogP contribution in [0.4, 0.5) is 0 Å². The Balaban J connectivity index is 0.000000167. The molecule has 10 aromatic rings. The number of hydrogen-bond donors (Lipinski definition) is 0. The van der Waals surface area contributed by atoms with Gasteiger partial charge in [0.15, 0.2) is 26.2 Å². The highest BCUT2D eigenvalue weighted by Gasteiger charge is 2.29. The summed E-state index contributed by atoms with van der Waals surface area (Å²) in [6, 6.07) is 73.6. The predicted molar refractivity (Wildman–Crippen MR) is 255 cm³/mol. The van der Waals surface area contributed by atoms with Crippen LogP contribution in [0.3, 0.4) is 0 Å². The van der Waals surface area contributed by atoms with Gasteiger partial charge in [-0.1, -0.05) is 146 Å². The van der Waals surface area contributed by atoms with Crippen molar-refractivity contribution in [2.45, 2.75) is 14.7 Å². The van der Waals surface area contributed by atoms with Gasteiger partial charge in [-0.05, 0) is 96.6 Å². The first-order valence-corrected chi connectivity index (χ1v) is 22.1. The first kappa shape index (κ1) is 41.4. The number of carboxylic acids is 1. The number of para-hydroxylation sites is 4. The van der Waals surface area contributed by atoms with E-state index in [-0.39, 0.29) is 33.7 Å². The quantitative estimate of drug-likeness (QED) is 0.0727. The topological polar surface area (TPSA) is 81.0 Å². The van der Waals surface area contributed by atoms with E-state index in [2.05, 4.69) is 78.9 Å². The van der Waals surface area contributed by atoms with Crippen LogP contribution in [0.25, 0.3) is 33.1 Å². The standard InChI is InChI=1S/C31H22O5.C25H17OS2/c32-31(33)26-21-27(34-23-15-7-2-8-16-23)29(35-24-17-9-3-10-18-24)30(36-25-19-11-4-12-20-25)28(26)22-13-5-1-6-14-22;27-25-21-13-7-8-14-23(21)26-24-16-15-20(17-22(24)25)28(18-9-3-1-4-10-18)19-11-5-2-6-12-19/h1-21H,(H,32,33);1-17H/q;+1/p-1. The number of aromatic carboxylic acids is 1. The molecule has 0 fully saturated rings. The van der Waals surface area contributed by atoms with Crippen molar-refractivity contribution in [3.05, 3.63) is 241 Å². The summed E-state index contributed by atoms with van der Waals surface area (Å²) in [7, 11) is -0.201. The first-order chi connectivity index (χ1) is 31.5. The molecule has 0 aliphatic carbocycles. The summed E-state index contributed by atoms with van der Waals surface area (Å²) in [5, 5.41) is 14.4. The van der Waals surface area contributed by atoms with Gasteiger partial charge in [-0.25, -0.2) is 0 Å². The summed E-state index contributed by atoms with van der Waals surface area (Å²) in [5.41, 5.74) is 2.53. The Labute approximate surface area is 378 Å². The molecule has 0 unspecified atom stereocenters. The van der Waals surface area contributed by atoms with Crippen LogP contribution in [0.1, 0.15) is 10.4 Å². The van der Waals surface area contributed by atoms with E-state index in [4.69, 9.17) is 30.8 Å². The van der Waals surface area contributed by atoms with Crippen LogP contribution in [0.5, 0.6) is 34.5 Å². The maximum Gasteiger partial charge on any atom is 0.213 e. The summed E-state index contributed by atoms with van der Waals surface area (Å²) in [4.78, 5) is 16.2. The number of ether oxygens (including phenoxy) is 3. The molecule has 310 valence electrons. The van der Waals surface area contributed by atoms with Crippen molar-refractivity contribution >= 4 is 51.0 Å². The minimum Gasteiger partial charge on any atom is -0.545 e. The van der Waals surface area contributed by atoms with Gasteiger partial charge in [0.2, 0.25) is 5.75 Å². The summed E-state index contributed by atoms with van der Waals surface area (Å²) >= 11 is 5.82. The van der Waals surface area contributed by atoms with E-state index in [9.17, 15) is 9.90 Å². The second-order valence-corrected chi connectivity index (χ2v) is 16.8. The number of benzene rings is 9. The lowest BCUT2D eigenvalue weighted by Crippen LogP contribution is -2.23. The van der Waals surface area contributed by atoms with Crippen molar-refractivity contribution < 1.29 is 28.5 Å². The Hall–Kier alpha value is -7.91. The summed E-state index contributed by atoms with van der Waals surface area (Å²) in [5.74, 6) is 0.799. The van der Waals surface area contributed by atoms with E-state index in [1.807, 2.05) is 109 Å². The molecule has 1 heterocycles. The zero-order chi connectivity index (χ0) is 43.7. The molecule has 6 nitrogen and oxygen atoms in total. The third-order valence-electron chi connectivity index (χ3n) is 10.1. The fraction of sp³-hybridized carbons (Fsp3) is 0.